The number of carboxylic acids is 1. The summed E-state index contributed by atoms with van der Waals surface area (Å²) in [6.45, 7) is 0. The van der Waals surface area contributed by atoms with Crippen molar-refractivity contribution in [2.24, 2.45) is 0 Å². The molecule has 20 heavy (non-hydrogen) atoms. The van der Waals surface area contributed by atoms with Crippen molar-refractivity contribution in [2.45, 2.75) is 0 Å². The second kappa shape index (κ2) is 5.58. The summed E-state index contributed by atoms with van der Waals surface area (Å²) in [5.41, 5.74) is -0.479. The van der Waals surface area contributed by atoms with E-state index in [2.05, 4.69) is 10.3 Å². The SMILES string of the molecule is O=C(O)c1cc(Cl)cc(NC(=O)c2ccc[nH]c2=O)c1. The molecule has 0 unspecified atom stereocenters. The summed E-state index contributed by atoms with van der Waals surface area (Å²) in [5, 5.41) is 11.5. The molecule has 0 radical (unpaired) electrons. The van der Waals surface area contributed by atoms with Crippen LogP contribution in [0.4, 0.5) is 5.69 Å². The molecular formula is C13H9ClN2O4. The fourth-order valence-electron chi connectivity index (χ4n) is 1.58. The van der Waals surface area contributed by atoms with Crippen molar-refractivity contribution < 1.29 is 14.7 Å². The van der Waals surface area contributed by atoms with Gasteiger partial charge in [0.25, 0.3) is 11.5 Å². The number of carboxylic acid groups (broad SMARTS) is 1. The molecule has 0 aliphatic carbocycles. The Hall–Kier alpha value is -2.60. The van der Waals surface area contributed by atoms with Gasteiger partial charge in [0.15, 0.2) is 0 Å². The van der Waals surface area contributed by atoms with Crippen LogP contribution in [-0.4, -0.2) is 22.0 Å². The van der Waals surface area contributed by atoms with E-state index >= 15 is 0 Å². The molecule has 0 saturated heterocycles. The second-order valence-electron chi connectivity index (χ2n) is 3.90. The van der Waals surface area contributed by atoms with Gasteiger partial charge in [-0.1, -0.05) is 11.6 Å². The van der Waals surface area contributed by atoms with Gasteiger partial charge in [-0.05, 0) is 30.3 Å². The highest BCUT2D eigenvalue weighted by atomic mass is 35.5. The van der Waals surface area contributed by atoms with Gasteiger partial charge in [-0.3, -0.25) is 9.59 Å². The van der Waals surface area contributed by atoms with Crippen LogP contribution in [-0.2, 0) is 0 Å². The Bertz CT molecular complexity index is 739. The highest BCUT2D eigenvalue weighted by Gasteiger charge is 2.12. The van der Waals surface area contributed by atoms with Crippen molar-refractivity contribution in [1.82, 2.24) is 4.98 Å². The summed E-state index contributed by atoms with van der Waals surface area (Å²) < 4.78 is 0. The average molecular weight is 293 g/mol. The minimum absolute atomic E-state index is 0.0604. The molecular weight excluding hydrogens is 284 g/mol. The zero-order chi connectivity index (χ0) is 14.7. The predicted molar refractivity (Wildman–Crippen MR) is 73.4 cm³/mol. The van der Waals surface area contributed by atoms with Crippen LogP contribution < -0.4 is 10.9 Å². The lowest BCUT2D eigenvalue weighted by molar-refractivity contribution is 0.0696. The number of H-pyrrole nitrogens is 1. The maximum atomic E-state index is 11.9. The molecule has 0 spiro atoms. The van der Waals surface area contributed by atoms with Crippen LogP contribution in [0, 0.1) is 0 Å². The Balaban J connectivity index is 2.31. The molecule has 0 fully saturated rings. The zero-order valence-corrected chi connectivity index (χ0v) is 10.8. The number of anilines is 1. The van der Waals surface area contributed by atoms with Crippen LogP contribution in [0.2, 0.25) is 5.02 Å². The zero-order valence-electron chi connectivity index (χ0n) is 10.0. The van der Waals surface area contributed by atoms with Crippen molar-refractivity contribution in [1.29, 1.82) is 0 Å². The number of aromatic nitrogens is 1. The van der Waals surface area contributed by atoms with Crippen LogP contribution >= 0.6 is 11.6 Å². The number of pyridine rings is 1. The topological polar surface area (TPSA) is 99.3 Å². The lowest BCUT2D eigenvalue weighted by Crippen LogP contribution is -2.22. The molecule has 0 atom stereocenters. The molecule has 6 nitrogen and oxygen atoms in total. The Labute approximate surface area is 118 Å². The number of benzene rings is 1. The molecule has 3 N–H and O–H groups in total. The van der Waals surface area contributed by atoms with Crippen molar-refractivity contribution in [3.63, 3.8) is 0 Å². The van der Waals surface area contributed by atoms with Gasteiger partial charge in [0.1, 0.15) is 5.56 Å². The van der Waals surface area contributed by atoms with Gasteiger partial charge in [0, 0.05) is 16.9 Å². The number of aromatic carboxylic acids is 1. The highest BCUT2D eigenvalue weighted by molar-refractivity contribution is 6.31. The first-order valence-corrected chi connectivity index (χ1v) is 5.88. The van der Waals surface area contributed by atoms with Gasteiger partial charge >= 0.3 is 5.97 Å². The summed E-state index contributed by atoms with van der Waals surface area (Å²) >= 11 is 5.77. The number of amides is 1. The highest BCUT2D eigenvalue weighted by Crippen LogP contribution is 2.19. The monoisotopic (exact) mass is 292 g/mol. The van der Waals surface area contributed by atoms with Gasteiger partial charge < -0.3 is 15.4 Å². The number of rotatable bonds is 3. The third-order valence-electron chi connectivity index (χ3n) is 2.47. The number of carbonyl (C=O) groups is 2. The van der Waals surface area contributed by atoms with Gasteiger partial charge in [-0.2, -0.15) is 0 Å². The fourth-order valence-corrected chi connectivity index (χ4v) is 1.82. The molecule has 0 aliphatic heterocycles. The van der Waals surface area contributed by atoms with E-state index in [1.165, 1.54) is 36.5 Å². The average Bonchev–Trinajstić information content (AvgIpc) is 2.38. The molecule has 1 heterocycles. The van der Waals surface area contributed by atoms with E-state index in [1.807, 2.05) is 0 Å². The number of hydrogen-bond donors (Lipinski definition) is 3. The number of carbonyl (C=O) groups excluding carboxylic acids is 1. The van der Waals surface area contributed by atoms with Crippen LogP contribution in [0.3, 0.4) is 0 Å². The smallest absolute Gasteiger partial charge is 0.335 e. The minimum atomic E-state index is -1.17. The van der Waals surface area contributed by atoms with E-state index in [0.29, 0.717) is 0 Å². The van der Waals surface area contributed by atoms with Gasteiger partial charge in [0.05, 0.1) is 5.56 Å². The Kier molecular flexibility index (Phi) is 3.86. The van der Waals surface area contributed by atoms with E-state index < -0.39 is 17.4 Å². The molecule has 0 aliphatic rings. The second-order valence-corrected chi connectivity index (χ2v) is 4.34. The predicted octanol–water partition coefficient (Wildman–Crippen LogP) is 1.98. The van der Waals surface area contributed by atoms with Crippen LogP contribution in [0.15, 0.2) is 41.3 Å². The molecule has 2 aromatic rings. The summed E-state index contributed by atoms with van der Waals surface area (Å²) in [5.74, 6) is -1.81. The number of hydrogen-bond acceptors (Lipinski definition) is 3. The third kappa shape index (κ3) is 3.04. The molecule has 1 aromatic carbocycles. The van der Waals surface area contributed by atoms with E-state index in [-0.39, 0.29) is 21.8 Å². The van der Waals surface area contributed by atoms with Gasteiger partial charge in [0.2, 0.25) is 0 Å². The molecule has 1 aromatic heterocycles. The quantitative estimate of drug-likeness (QED) is 0.805. The van der Waals surface area contributed by atoms with Crippen molar-refractivity contribution in [2.75, 3.05) is 5.32 Å². The Morgan fingerprint density at radius 2 is 2.00 bits per heavy atom. The summed E-state index contributed by atoms with van der Waals surface area (Å²) in [6, 6.07) is 6.77. The first-order valence-electron chi connectivity index (χ1n) is 5.50. The summed E-state index contributed by atoms with van der Waals surface area (Å²) in [4.78, 5) is 36.6. The van der Waals surface area contributed by atoms with Gasteiger partial charge in [-0.15, -0.1) is 0 Å². The Morgan fingerprint density at radius 3 is 2.65 bits per heavy atom. The van der Waals surface area contributed by atoms with Gasteiger partial charge in [-0.25, -0.2) is 4.79 Å². The lowest BCUT2D eigenvalue weighted by Gasteiger charge is -2.06. The number of halogens is 1. The number of nitrogens with one attached hydrogen (secondary N) is 2. The van der Waals surface area contributed by atoms with Crippen LogP contribution in [0.25, 0.3) is 0 Å². The Morgan fingerprint density at radius 1 is 1.25 bits per heavy atom. The summed E-state index contributed by atoms with van der Waals surface area (Å²) in [7, 11) is 0. The first kappa shape index (κ1) is 13.8. The van der Waals surface area contributed by atoms with E-state index in [9.17, 15) is 14.4 Å². The maximum Gasteiger partial charge on any atom is 0.335 e. The standard InChI is InChI=1S/C13H9ClN2O4/c14-8-4-7(13(19)20)5-9(6-8)16-12(18)10-2-1-3-15-11(10)17/h1-6H,(H,15,17)(H,16,18)(H,19,20). The number of aromatic amines is 1. The van der Waals surface area contributed by atoms with Crippen molar-refractivity contribution in [3.05, 3.63) is 63.0 Å². The maximum absolute atomic E-state index is 11.9. The third-order valence-corrected chi connectivity index (χ3v) is 2.68. The molecule has 7 heteroatoms. The van der Waals surface area contributed by atoms with Crippen LogP contribution in [0.1, 0.15) is 20.7 Å². The fraction of sp³-hybridized carbons (Fsp3) is 0. The van der Waals surface area contributed by atoms with E-state index in [1.54, 1.807) is 0 Å². The molecule has 2 rings (SSSR count). The summed E-state index contributed by atoms with van der Waals surface area (Å²) in [6.07, 6.45) is 1.40. The van der Waals surface area contributed by atoms with E-state index in [4.69, 9.17) is 16.7 Å². The molecule has 0 saturated carbocycles. The molecule has 1 amide bonds. The van der Waals surface area contributed by atoms with Crippen molar-refractivity contribution in [3.8, 4) is 0 Å². The molecule has 102 valence electrons. The first-order chi connectivity index (χ1) is 9.47. The van der Waals surface area contributed by atoms with Crippen LogP contribution in [0.5, 0.6) is 0 Å². The normalized spacial score (nSPS) is 10.1. The molecule has 0 bridgehead atoms. The largest absolute Gasteiger partial charge is 0.478 e. The lowest BCUT2D eigenvalue weighted by atomic mass is 10.2. The van der Waals surface area contributed by atoms with E-state index in [0.717, 1.165) is 0 Å². The van der Waals surface area contributed by atoms with Crippen molar-refractivity contribution >= 4 is 29.2 Å². The minimum Gasteiger partial charge on any atom is -0.478 e.